The van der Waals surface area contributed by atoms with Gasteiger partial charge in [0.05, 0.1) is 18.1 Å². The van der Waals surface area contributed by atoms with Gasteiger partial charge in [0.2, 0.25) is 0 Å². The van der Waals surface area contributed by atoms with Crippen molar-refractivity contribution in [1.29, 1.82) is 0 Å². The predicted octanol–water partition coefficient (Wildman–Crippen LogP) is 2.41. The van der Waals surface area contributed by atoms with E-state index < -0.39 is 0 Å². The Kier molecular flexibility index (Phi) is 3.64. The first-order valence-corrected chi connectivity index (χ1v) is 6.02. The second-order valence-electron chi connectivity index (χ2n) is 4.23. The zero-order valence-electron chi connectivity index (χ0n) is 10.4. The number of H-pyrrole nitrogens is 1. The molecule has 0 saturated heterocycles. The Bertz CT molecular complexity index is 492. The lowest BCUT2D eigenvalue weighted by molar-refractivity contribution is 0.415. The first kappa shape index (κ1) is 11.9. The van der Waals surface area contributed by atoms with E-state index in [0.717, 1.165) is 35.4 Å². The van der Waals surface area contributed by atoms with Gasteiger partial charge in [0.25, 0.3) is 0 Å². The SMILES string of the molecule is CCCC(CN)c1nc2ccc(OC)cc2[nH]1. The summed E-state index contributed by atoms with van der Waals surface area (Å²) in [6.07, 6.45) is 2.18. The Morgan fingerprint density at radius 3 is 2.94 bits per heavy atom. The number of ether oxygens (including phenoxy) is 1. The molecule has 1 aromatic carbocycles. The van der Waals surface area contributed by atoms with Crippen LogP contribution < -0.4 is 10.5 Å². The number of nitrogens with one attached hydrogen (secondary N) is 1. The number of hydrogen-bond acceptors (Lipinski definition) is 3. The average molecular weight is 233 g/mol. The van der Waals surface area contributed by atoms with Crippen molar-refractivity contribution in [3.8, 4) is 5.75 Å². The Morgan fingerprint density at radius 2 is 2.29 bits per heavy atom. The van der Waals surface area contributed by atoms with E-state index in [-0.39, 0.29) is 0 Å². The molecule has 0 amide bonds. The Balaban J connectivity index is 2.36. The van der Waals surface area contributed by atoms with E-state index in [1.54, 1.807) is 7.11 Å². The van der Waals surface area contributed by atoms with Gasteiger partial charge in [0.15, 0.2) is 0 Å². The summed E-state index contributed by atoms with van der Waals surface area (Å²) in [6, 6.07) is 5.85. The van der Waals surface area contributed by atoms with Crippen molar-refractivity contribution in [1.82, 2.24) is 9.97 Å². The van der Waals surface area contributed by atoms with E-state index >= 15 is 0 Å². The molecule has 17 heavy (non-hydrogen) atoms. The summed E-state index contributed by atoms with van der Waals surface area (Å²) in [5.41, 5.74) is 7.76. The lowest BCUT2D eigenvalue weighted by atomic mass is 10.0. The van der Waals surface area contributed by atoms with Crippen LogP contribution in [0.2, 0.25) is 0 Å². The molecule has 0 aliphatic rings. The number of fused-ring (bicyclic) bond motifs is 1. The number of nitrogens with zero attached hydrogens (tertiary/aromatic N) is 1. The lowest BCUT2D eigenvalue weighted by Gasteiger charge is -2.09. The molecule has 0 bridgehead atoms. The van der Waals surface area contributed by atoms with Crippen LogP contribution in [0.4, 0.5) is 0 Å². The van der Waals surface area contributed by atoms with Crippen LogP contribution in [-0.2, 0) is 0 Å². The summed E-state index contributed by atoms with van der Waals surface area (Å²) in [5.74, 6) is 2.14. The maximum Gasteiger partial charge on any atom is 0.121 e. The van der Waals surface area contributed by atoms with Gasteiger partial charge >= 0.3 is 0 Å². The smallest absolute Gasteiger partial charge is 0.121 e. The third-order valence-electron chi connectivity index (χ3n) is 3.02. The maximum atomic E-state index is 5.78. The molecule has 0 aliphatic carbocycles. The molecular weight excluding hydrogens is 214 g/mol. The topological polar surface area (TPSA) is 63.9 Å². The van der Waals surface area contributed by atoms with E-state index in [1.807, 2.05) is 18.2 Å². The largest absolute Gasteiger partial charge is 0.497 e. The molecule has 4 nitrogen and oxygen atoms in total. The zero-order chi connectivity index (χ0) is 12.3. The normalized spacial score (nSPS) is 12.9. The number of nitrogens with two attached hydrogens (primary N) is 1. The minimum atomic E-state index is 0.318. The fourth-order valence-electron chi connectivity index (χ4n) is 2.04. The number of rotatable bonds is 5. The fraction of sp³-hybridized carbons (Fsp3) is 0.462. The molecule has 1 aromatic heterocycles. The van der Waals surface area contributed by atoms with Crippen LogP contribution in [0.15, 0.2) is 18.2 Å². The second kappa shape index (κ2) is 5.19. The summed E-state index contributed by atoms with van der Waals surface area (Å²) in [7, 11) is 1.66. The van der Waals surface area contributed by atoms with E-state index in [2.05, 4.69) is 16.9 Å². The van der Waals surface area contributed by atoms with Gasteiger partial charge in [0, 0.05) is 18.5 Å². The monoisotopic (exact) mass is 233 g/mol. The van der Waals surface area contributed by atoms with Crippen molar-refractivity contribution in [3.63, 3.8) is 0 Å². The predicted molar refractivity (Wildman–Crippen MR) is 69.3 cm³/mol. The molecule has 0 radical (unpaired) electrons. The first-order valence-electron chi connectivity index (χ1n) is 6.02. The molecule has 0 aliphatic heterocycles. The van der Waals surface area contributed by atoms with Crippen molar-refractivity contribution in [2.45, 2.75) is 25.7 Å². The van der Waals surface area contributed by atoms with E-state index in [4.69, 9.17) is 10.5 Å². The number of benzene rings is 1. The minimum absolute atomic E-state index is 0.318. The first-order chi connectivity index (χ1) is 8.28. The molecule has 0 saturated carbocycles. The summed E-state index contributed by atoms with van der Waals surface area (Å²) in [5, 5.41) is 0. The number of imidazole rings is 1. The van der Waals surface area contributed by atoms with Gasteiger partial charge in [-0.1, -0.05) is 13.3 Å². The standard InChI is InChI=1S/C13H19N3O/c1-3-4-9(8-14)13-15-11-6-5-10(17-2)7-12(11)16-13/h5-7,9H,3-4,8,14H2,1-2H3,(H,15,16). The van der Waals surface area contributed by atoms with Crippen LogP contribution in [0, 0.1) is 0 Å². The van der Waals surface area contributed by atoms with Gasteiger partial charge in [-0.3, -0.25) is 0 Å². The summed E-state index contributed by atoms with van der Waals surface area (Å²) in [4.78, 5) is 7.92. The number of hydrogen-bond donors (Lipinski definition) is 2. The molecule has 1 unspecified atom stereocenters. The van der Waals surface area contributed by atoms with Gasteiger partial charge < -0.3 is 15.5 Å². The summed E-state index contributed by atoms with van der Waals surface area (Å²) in [6.45, 7) is 2.79. The molecule has 2 rings (SSSR count). The lowest BCUT2D eigenvalue weighted by Crippen LogP contribution is -2.13. The highest BCUT2D eigenvalue weighted by molar-refractivity contribution is 5.76. The number of methoxy groups -OCH3 is 1. The van der Waals surface area contributed by atoms with Crippen LogP contribution >= 0.6 is 0 Å². The molecule has 0 fully saturated rings. The Hall–Kier alpha value is -1.55. The highest BCUT2D eigenvalue weighted by Gasteiger charge is 2.13. The molecule has 2 aromatic rings. The average Bonchev–Trinajstić information content (AvgIpc) is 2.78. The van der Waals surface area contributed by atoms with Crippen LogP contribution in [0.25, 0.3) is 11.0 Å². The van der Waals surface area contributed by atoms with Crippen LogP contribution in [-0.4, -0.2) is 23.6 Å². The van der Waals surface area contributed by atoms with Gasteiger partial charge in [-0.25, -0.2) is 4.98 Å². The molecule has 0 spiro atoms. The Morgan fingerprint density at radius 1 is 1.47 bits per heavy atom. The third kappa shape index (κ3) is 2.42. The van der Waals surface area contributed by atoms with Crippen molar-refractivity contribution in [3.05, 3.63) is 24.0 Å². The minimum Gasteiger partial charge on any atom is -0.497 e. The molecular formula is C13H19N3O. The van der Waals surface area contributed by atoms with Crippen LogP contribution in [0.3, 0.4) is 0 Å². The van der Waals surface area contributed by atoms with Crippen molar-refractivity contribution >= 4 is 11.0 Å². The van der Waals surface area contributed by atoms with Crippen LogP contribution in [0.5, 0.6) is 5.75 Å². The van der Waals surface area contributed by atoms with Gasteiger partial charge in [-0.05, 0) is 18.6 Å². The fourth-order valence-corrected chi connectivity index (χ4v) is 2.04. The van der Waals surface area contributed by atoms with E-state index in [9.17, 15) is 0 Å². The second-order valence-corrected chi connectivity index (χ2v) is 4.23. The highest BCUT2D eigenvalue weighted by Crippen LogP contribution is 2.23. The van der Waals surface area contributed by atoms with Crippen molar-refractivity contribution in [2.75, 3.05) is 13.7 Å². The third-order valence-corrected chi connectivity index (χ3v) is 3.02. The van der Waals surface area contributed by atoms with Crippen molar-refractivity contribution < 1.29 is 4.74 Å². The van der Waals surface area contributed by atoms with Gasteiger partial charge in [-0.15, -0.1) is 0 Å². The summed E-state index contributed by atoms with van der Waals surface area (Å²) >= 11 is 0. The maximum absolute atomic E-state index is 5.78. The quantitative estimate of drug-likeness (QED) is 0.833. The zero-order valence-corrected chi connectivity index (χ0v) is 10.4. The number of aromatic amines is 1. The molecule has 1 heterocycles. The van der Waals surface area contributed by atoms with Crippen LogP contribution in [0.1, 0.15) is 31.5 Å². The van der Waals surface area contributed by atoms with E-state index in [1.165, 1.54) is 0 Å². The molecule has 92 valence electrons. The number of aromatic nitrogens is 2. The molecule has 4 heteroatoms. The van der Waals surface area contributed by atoms with Crippen molar-refractivity contribution in [2.24, 2.45) is 5.73 Å². The summed E-state index contributed by atoms with van der Waals surface area (Å²) < 4.78 is 5.19. The molecule has 3 N–H and O–H groups in total. The van der Waals surface area contributed by atoms with E-state index in [0.29, 0.717) is 12.5 Å². The van der Waals surface area contributed by atoms with Gasteiger partial charge in [0.1, 0.15) is 11.6 Å². The highest BCUT2D eigenvalue weighted by atomic mass is 16.5. The molecule has 1 atom stereocenters. The van der Waals surface area contributed by atoms with Gasteiger partial charge in [-0.2, -0.15) is 0 Å². The Labute approximate surface area is 101 Å².